The molecule has 1 heterocycles. The molecule has 0 aromatic heterocycles. The summed E-state index contributed by atoms with van der Waals surface area (Å²) in [5.41, 5.74) is 0.0465. The van der Waals surface area contributed by atoms with Crippen molar-refractivity contribution in [3.8, 4) is 0 Å². The summed E-state index contributed by atoms with van der Waals surface area (Å²) >= 11 is 0. The minimum atomic E-state index is -3.68. The molecule has 0 unspecified atom stereocenters. The van der Waals surface area contributed by atoms with E-state index in [1.807, 2.05) is 18.7 Å². The molecule has 8 heteroatoms. The Morgan fingerprint density at radius 2 is 1.59 bits per heavy atom. The molecule has 27 heavy (non-hydrogen) atoms. The molecule has 7 nitrogen and oxygen atoms in total. The van der Waals surface area contributed by atoms with Crippen LogP contribution in [-0.2, 0) is 14.8 Å². The molecule has 1 aliphatic rings. The summed E-state index contributed by atoms with van der Waals surface area (Å²) in [5, 5.41) is 8.93. The van der Waals surface area contributed by atoms with Crippen molar-refractivity contribution in [2.45, 2.75) is 44.4 Å². The third kappa shape index (κ3) is 5.07. The van der Waals surface area contributed by atoms with Crippen LogP contribution in [-0.4, -0.2) is 60.8 Å². The van der Waals surface area contributed by atoms with Crippen LogP contribution in [0.4, 0.5) is 0 Å². The first-order valence-corrected chi connectivity index (χ1v) is 10.9. The van der Waals surface area contributed by atoms with Crippen LogP contribution < -0.4 is 0 Å². The minimum absolute atomic E-state index is 0.0465. The van der Waals surface area contributed by atoms with Gasteiger partial charge < -0.3 is 10.0 Å². The molecule has 1 aliphatic heterocycles. The molecule has 0 atom stereocenters. The molecule has 1 aromatic rings. The minimum Gasteiger partial charge on any atom is -0.478 e. The first-order chi connectivity index (χ1) is 12.8. The van der Waals surface area contributed by atoms with Crippen molar-refractivity contribution < 1.29 is 23.1 Å². The summed E-state index contributed by atoms with van der Waals surface area (Å²) in [6, 6.07) is 5.22. The lowest BCUT2D eigenvalue weighted by molar-refractivity contribution is -0.136. The Kier molecular flexibility index (Phi) is 7.38. The summed E-state index contributed by atoms with van der Waals surface area (Å²) in [6.45, 7) is 6.15. The Balaban J connectivity index is 2.03. The van der Waals surface area contributed by atoms with E-state index in [2.05, 4.69) is 0 Å². The molecule has 1 saturated heterocycles. The van der Waals surface area contributed by atoms with Crippen LogP contribution in [0, 0.1) is 5.92 Å². The molecule has 1 aromatic carbocycles. The van der Waals surface area contributed by atoms with E-state index >= 15 is 0 Å². The van der Waals surface area contributed by atoms with Crippen molar-refractivity contribution in [2.75, 3.05) is 26.2 Å². The van der Waals surface area contributed by atoms with Gasteiger partial charge in [-0.05, 0) is 49.9 Å². The molecular weight excluding hydrogens is 368 g/mol. The second kappa shape index (κ2) is 9.32. The van der Waals surface area contributed by atoms with Gasteiger partial charge in [0.25, 0.3) is 0 Å². The van der Waals surface area contributed by atoms with Gasteiger partial charge in [0.2, 0.25) is 15.9 Å². The third-order valence-corrected chi connectivity index (χ3v) is 6.75. The molecule has 0 spiro atoms. The maximum absolute atomic E-state index is 12.8. The molecule has 1 fully saturated rings. The predicted octanol–water partition coefficient (Wildman–Crippen LogP) is 2.43. The summed E-state index contributed by atoms with van der Waals surface area (Å²) in [4.78, 5) is 25.6. The average Bonchev–Trinajstić information content (AvgIpc) is 2.67. The van der Waals surface area contributed by atoms with Gasteiger partial charge in [-0.3, -0.25) is 4.79 Å². The number of sulfonamides is 1. The van der Waals surface area contributed by atoms with E-state index in [4.69, 9.17) is 5.11 Å². The van der Waals surface area contributed by atoms with Gasteiger partial charge in [-0.2, -0.15) is 4.31 Å². The van der Waals surface area contributed by atoms with Gasteiger partial charge in [0.15, 0.2) is 0 Å². The SMILES string of the molecule is CCCN(CCC)C(=O)C1CCN(S(=O)(=O)c2ccc(C(=O)O)cc2)CC1. The van der Waals surface area contributed by atoms with Gasteiger partial charge in [0.1, 0.15) is 0 Å². The second-order valence-corrected chi connectivity index (χ2v) is 8.77. The second-order valence-electron chi connectivity index (χ2n) is 6.83. The Morgan fingerprint density at radius 3 is 2.04 bits per heavy atom. The van der Waals surface area contributed by atoms with Gasteiger partial charge in [0.05, 0.1) is 10.5 Å². The Labute approximate surface area is 161 Å². The summed E-state index contributed by atoms with van der Waals surface area (Å²) in [7, 11) is -3.68. The first-order valence-electron chi connectivity index (χ1n) is 9.43. The number of piperidine rings is 1. The number of carboxylic acids is 1. The highest BCUT2D eigenvalue weighted by Crippen LogP contribution is 2.25. The van der Waals surface area contributed by atoms with Gasteiger partial charge >= 0.3 is 5.97 Å². The number of hydrogen-bond donors (Lipinski definition) is 1. The number of carboxylic acid groups (broad SMARTS) is 1. The lowest BCUT2D eigenvalue weighted by Gasteiger charge is -2.33. The molecule has 0 bridgehead atoms. The fourth-order valence-corrected chi connectivity index (χ4v) is 4.86. The van der Waals surface area contributed by atoms with E-state index < -0.39 is 16.0 Å². The topological polar surface area (TPSA) is 95.0 Å². The third-order valence-electron chi connectivity index (χ3n) is 4.84. The van der Waals surface area contributed by atoms with Crippen LogP contribution in [0.1, 0.15) is 49.9 Å². The Morgan fingerprint density at radius 1 is 1.07 bits per heavy atom. The van der Waals surface area contributed by atoms with Crippen molar-refractivity contribution in [1.82, 2.24) is 9.21 Å². The number of carbonyl (C=O) groups is 2. The lowest BCUT2D eigenvalue weighted by Crippen LogP contribution is -2.44. The number of hydrogen-bond acceptors (Lipinski definition) is 4. The largest absolute Gasteiger partial charge is 0.478 e. The number of nitrogens with zero attached hydrogens (tertiary/aromatic N) is 2. The normalized spacial score (nSPS) is 16.2. The fraction of sp³-hybridized carbons (Fsp3) is 0.579. The van der Waals surface area contributed by atoms with Gasteiger partial charge in [-0.25, -0.2) is 13.2 Å². The number of carbonyl (C=O) groups excluding carboxylic acids is 1. The Hall–Kier alpha value is -1.93. The van der Waals surface area contributed by atoms with Gasteiger partial charge in [-0.1, -0.05) is 13.8 Å². The van der Waals surface area contributed by atoms with Crippen LogP contribution in [0.5, 0.6) is 0 Å². The van der Waals surface area contributed by atoms with Gasteiger partial charge in [-0.15, -0.1) is 0 Å². The highest BCUT2D eigenvalue weighted by molar-refractivity contribution is 7.89. The summed E-state index contributed by atoms with van der Waals surface area (Å²) < 4.78 is 26.9. The molecule has 0 saturated carbocycles. The Bertz CT molecular complexity index is 747. The van der Waals surface area contributed by atoms with Crippen molar-refractivity contribution in [2.24, 2.45) is 5.92 Å². The monoisotopic (exact) mass is 396 g/mol. The molecule has 0 radical (unpaired) electrons. The quantitative estimate of drug-likeness (QED) is 0.728. The van der Waals surface area contributed by atoms with Crippen molar-refractivity contribution >= 4 is 21.9 Å². The van der Waals surface area contributed by atoms with Crippen LogP contribution >= 0.6 is 0 Å². The molecule has 150 valence electrons. The number of amides is 1. The standard InChI is InChI=1S/C19H28N2O5S/c1-3-11-20(12-4-2)18(22)15-9-13-21(14-10-15)27(25,26)17-7-5-16(6-8-17)19(23)24/h5-8,15H,3-4,9-14H2,1-2H3,(H,23,24). The average molecular weight is 397 g/mol. The zero-order chi connectivity index (χ0) is 20.0. The molecular formula is C19H28N2O5S. The number of rotatable bonds is 8. The van der Waals surface area contributed by atoms with Crippen molar-refractivity contribution in [3.05, 3.63) is 29.8 Å². The maximum Gasteiger partial charge on any atom is 0.335 e. The smallest absolute Gasteiger partial charge is 0.335 e. The van der Waals surface area contributed by atoms with Crippen LogP contribution in [0.15, 0.2) is 29.2 Å². The van der Waals surface area contributed by atoms with Gasteiger partial charge in [0, 0.05) is 32.1 Å². The number of benzene rings is 1. The first kappa shape index (κ1) is 21.4. The highest BCUT2D eigenvalue weighted by Gasteiger charge is 2.33. The van der Waals surface area contributed by atoms with Crippen LogP contribution in [0.25, 0.3) is 0 Å². The van der Waals surface area contributed by atoms with E-state index in [9.17, 15) is 18.0 Å². The fourth-order valence-electron chi connectivity index (χ4n) is 3.39. The lowest BCUT2D eigenvalue weighted by atomic mass is 9.96. The van der Waals surface area contributed by atoms with Crippen molar-refractivity contribution in [1.29, 1.82) is 0 Å². The zero-order valence-electron chi connectivity index (χ0n) is 15.9. The number of aromatic carboxylic acids is 1. The van der Waals surface area contributed by atoms with Crippen LogP contribution in [0.2, 0.25) is 0 Å². The molecule has 1 amide bonds. The molecule has 0 aliphatic carbocycles. The zero-order valence-corrected chi connectivity index (χ0v) is 16.7. The summed E-state index contributed by atoms with van der Waals surface area (Å²) in [6.07, 6.45) is 2.83. The predicted molar refractivity (Wildman–Crippen MR) is 102 cm³/mol. The van der Waals surface area contributed by atoms with E-state index in [1.165, 1.54) is 28.6 Å². The molecule has 2 rings (SSSR count). The van der Waals surface area contributed by atoms with Crippen molar-refractivity contribution in [3.63, 3.8) is 0 Å². The van der Waals surface area contributed by atoms with E-state index in [0.29, 0.717) is 25.9 Å². The summed E-state index contributed by atoms with van der Waals surface area (Å²) in [5.74, 6) is -1.10. The molecule has 1 N–H and O–H groups in total. The van der Waals surface area contributed by atoms with E-state index in [-0.39, 0.29) is 22.3 Å². The maximum atomic E-state index is 12.8. The highest BCUT2D eigenvalue weighted by atomic mass is 32.2. The van der Waals surface area contributed by atoms with E-state index in [1.54, 1.807) is 0 Å². The van der Waals surface area contributed by atoms with E-state index in [0.717, 1.165) is 25.9 Å². The van der Waals surface area contributed by atoms with Crippen LogP contribution in [0.3, 0.4) is 0 Å².